The SMILES string of the molecule is CCOPCCCN(C)C. The minimum Gasteiger partial charge on any atom is -0.363 e. The van der Waals surface area contributed by atoms with E-state index < -0.39 is 0 Å². The maximum atomic E-state index is 5.22. The minimum absolute atomic E-state index is 0.705. The third kappa shape index (κ3) is 8.35. The van der Waals surface area contributed by atoms with E-state index in [9.17, 15) is 0 Å². The first-order valence-electron chi connectivity index (χ1n) is 3.76. The van der Waals surface area contributed by atoms with Gasteiger partial charge in [0.05, 0.1) is 0 Å². The largest absolute Gasteiger partial charge is 0.363 e. The zero-order valence-electron chi connectivity index (χ0n) is 7.18. The van der Waals surface area contributed by atoms with E-state index in [0.29, 0.717) is 8.81 Å². The van der Waals surface area contributed by atoms with Gasteiger partial charge in [-0.15, -0.1) is 0 Å². The Hall–Kier alpha value is 0.350. The molecule has 0 N–H and O–H groups in total. The third-order valence-electron chi connectivity index (χ3n) is 1.13. The lowest BCUT2D eigenvalue weighted by atomic mass is 10.5. The molecule has 1 unspecified atom stereocenters. The second-order valence-electron chi connectivity index (χ2n) is 2.48. The van der Waals surface area contributed by atoms with Crippen molar-refractivity contribution in [2.75, 3.05) is 33.4 Å². The standard InChI is InChI=1S/C7H18NOP/c1-4-9-10-7-5-6-8(2)3/h10H,4-7H2,1-3H3. The summed E-state index contributed by atoms with van der Waals surface area (Å²) < 4.78 is 5.22. The Labute approximate surface area is 65.8 Å². The Balaban J connectivity index is 2.77. The molecular formula is C7H18NOP. The van der Waals surface area contributed by atoms with Crippen LogP contribution in [-0.2, 0) is 4.52 Å². The maximum Gasteiger partial charge on any atom is 0.0477 e. The summed E-state index contributed by atoms with van der Waals surface area (Å²) in [6.45, 7) is 4.08. The molecule has 0 bridgehead atoms. The average molecular weight is 163 g/mol. The van der Waals surface area contributed by atoms with E-state index in [2.05, 4.69) is 19.0 Å². The highest BCUT2D eigenvalue weighted by atomic mass is 31.1. The molecule has 3 heteroatoms. The van der Waals surface area contributed by atoms with E-state index in [0.717, 1.165) is 6.61 Å². The molecule has 62 valence electrons. The summed E-state index contributed by atoms with van der Waals surface area (Å²) >= 11 is 0. The van der Waals surface area contributed by atoms with Gasteiger partial charge in [-0.3, -0.25) is 0 Å². The number of hydrogen-bond acceptors (Lipinski definition) is 2. The molecule has 0 heterocycles. The van der Waals surface area contributed by atoms with Crippen LogP contribution in [0.1, 0.15) is 13.3 Å². The van der Waals surface area contributed by atoms with Crippen molar-refractivity contribution in [3.05, 3.63) is 0 Å². The smallest absolute Gasteiger partial charge is 0.0477 e. The van der Waals surface area contributed by atoms with Gasteiger partial charge in [-0.25, -0.2) is 0 Å². The fraction of sp³-hybridized carbons (Fsp3) is 1.00. The quantitative estimate of drug-likeness (QED) is 0.435. The molecule has 0 aromatic heterocycles. The van der Waals surface area contributed by atoms with Crippen molar-refractivity contribution in [3.63, 3.8) is 0 Å². The van der Waals surface area contributed by atoms with E-state index in [1.807, 2.05) is 6.92 Å². The molecule has 0 aliphatic carbocycles. The zero-order valence-corrected chi connectivity index (χ0v) is 8.18. The summed E-state index contributed by atoms with van der Waals surface area (Å²) in [4.78, 5) is 2.20. The molecule has 1 atom stereocenters. The Morgan fingerprint density at radius 1 is 1.40 bits per heavy atom. The summed E-state index contributed by atoms with van der Waals surface area (Å²) in [5.41, 5.74) is 0. The van der Waals surface area contributed by atoms with Gasteiger partial charge >= 0.3 is 0 Å². The molecule has 10 heavy (non-hydrogen) atoms. The molecule has 0 saturated heterocycles. The third-order valence-corrected chi connectivity index (χ3v) is 2.18. The number of rotatable bonds is 6. The van der Waals surface area contributed by atoms with Gasteiger partial charge in [-0.1, -0.05) is 0 Å². The highest BCUT2D eigenvalue weighted by Crippen LogP contribution is 2.11. The van der Waals surface area contributed by atoms with E-state index in [1.165, 1.54) is 19.1 Å². The molecule has 0 spiro atoms. The number of hydrogen-bond donors (Lipinski definition) is 0. The normalized spacial score (nSPS) is 12.0. The minimum atomic E-state index is 0.705. The molecule has 0 aromatic rings. The lowest BCUT2D eigenvalue weighted by molar-refractivity contribution is 0.382. The van der Waals surface area contributed by atoms with Crippen molar-refractivity contribution in [1.82, 2.24) is 4.90 Å². The Bertz CT molecular complexity index is 68.6. The van der Waals surface area contributed by atoms with Crippen LogP contribution in [0, 0.1) is 0 Å². The average Bonchev–Trinajstić information content (AvgIpc) is 1.87. The first kappa shape index (κ1) is 10.3. The van der Waals surface area contributed by atoms with Crippen molar-refractivity contribution >= 4 is 8.81 Å². The zero-order chi connectivity index (χ0) is 7.82. The Kier molecular flexibility index (Phi) is 7.72. The van der Waals surface area contributed by atoms with Crippen LogP contribution < -0.4 is 0 Å². The Morgan fingerprint density at radius 3 is 2.60 bits per heavy atom. The molecule has 0 rings (SSSR count). The van der Waals surface area contributed by atoms with Gasteiger partial charge in [0.25, 0.3) is 0 Å². The van der Waals surface area contributed by atoms with Crippen LogP contribution in [0.3, 0.4) is 0 Å². The first-order chi connectivity index (χ1) is 4.77. The van der Waals surface area contributed by atoms with Crippen LogP contribution in [0.25, 0.3) is 0 Å². The van der Waals surface area contributed by atoms with Crippen LogP contribution in [0.4, 0.5) is 0 Å². The van der Waals surface area contributed by atoms with Gasteiger partial charge in [0.2, 0.25) is 0 Å². The maximum absolute atomic E-state index is 5.22. The van der Waals surface area contributed by atoms with Crippen molar-refractivity contribution in [2.45, 2.75) is 13.3 Å². The molecule has 0 aliphatic heterocycles. The molecule has 0 radical (unpaired) electrons. The monoisotopic (exact) mass is 163 g/mol. The summed E-state index contributed by atoms with van der Waals surface area (Å²) in [6.07, 6.45) is 2.47. The summed E-state index contributed by atoms with van der Waals surface area (Å²) in [6, 6.07) is 0. The topological polar surface area (TPSA) is 12.5 Å². The van der Waals surface area contributed by atoms with E-state index in [1.54, 1.807) is 0 Å². The van der Waals surface area contributed by atoms with Crippen LogP contribution in [-0.4, -0.2) is 38.3 Å². The second-order valence-corrected chi connectivity index (χ2v) is 3.56. The molecular weight excluding hydrogens is 145 g/mol. The van der Waals surface area contributed by atoms with Gasteiger partial charge in [0.15, 0.2) is 0 Å². The fourth-order valence-electron chi connectivity index (χ4n) is 0.642. The molecule has 2 nitrogen and oxygen atoms in total. The van der Waals surface area contributed by atoms with Crippen molar-refractivity contribution in [3.8, 4) is 0 Å². The lowest BCUT2D eigenvalue weighted by Gasteiger charge is -2.07. The van der Waals surface area contributed by atoms with Gasteiger partial charge in [-0.05, 0) is 40.1 Å². The number of nitrogens with zero attached hydrogens (tertiary/aromatic N) is 1. The van der Waals surface area contributed by atoms with E-state index in [-0.39, 0.29) is 0 Å². The fourth-order valence-corrected chi connectivity index (χ4v) is 1.29. The summed E-state index contributed by atoms with van der Waals surface area (Å²) in [5, 5.41) is 0. The van der Waals surface area contributed by atoms with Crippen LogP contribution in [0.2, 0.25) is 0 Å². The van der Waals surface area contributed by atoms with E-state index >= 15 is 0 Å². The highest BCUT2D eigenvalue weighted by molar-refractivity contribution is 7.32. The predicted molar refractivity (Wildman–Crippen MR) is 48.0 cm³/mol. The molecule has 0 aliphatic rings. The van der Waals surface area contributed by atoms with Gasteiger partial charge in [0.1, 0.15) is 0 Å². The lowest BCUT2D eigenvalue weighted by Crippen LogP contribution is -2.13. The first-order valence-corrected chi connectivity index (χ1v) is 4.88. The van der Waals surface area contributed by atoms with Crippen LogP contribution in [0.15, 0.2) is 0 Å². The van der Waals surface area contributed by atoms with Gasteiger partial charge in [0, 0.05) is 15.4 Å². The van der Waals surface area contributed by atoms with Crippen molar-refractivity contribution in [1.29, 1.82) is 0 Å². The van der Waals surface area contributed by atoms with Gasteiger partial charge in [-0.2, -0.15) is 0 Å². The highest BCUT2D eigenvalue weighted by Gasteiger charge is 1.89. The Morgan fingerprint density at radius 2 is 2.10 bits per heavy atom. The molecule has 0 fully saturated rings. The van der Waals surface area contributed by atoms with Crippen molar-refractivity contribution < 1.29 is 4.52 Å². The summed E-state index contributed by atoms with van der Waals surface area (Å²) in [7, 11) is 4.91. The molecule has 0 amide bonds. The van der Waals surface area contributed by atoms with E-state index in [4.69, 9.17) is 4.52 Å². The predicted octanol–water partition coefficient (Wildman–Crippen LogP) is 1.57. The molecule has 0 aromatic carbocycles. The van der Waals surface area contributed by atoms with Crippen LogP contribution >= 0.6 is 8.81 Å². The van der Waals surface area contributed by atoms with Gasteiger partial charge < -0.3 is 9.42 Å². The molecule has 0 saturated carbocycles. The van der Waals surface area contributed by atoms with Crippen molar-refractivity contribution in [2.24, 2.45) is 0 Å². The second kappa shape index (κ2) is 7.46. The summed E-state index contributed by atoms with van der Waals surface area (Å²) in [5.74, 6) is 0. The van der Waals surface area contributed by atoms with Crippen LogP contribution in [0.5, 0.6) is 0 Å².